The zero-order valence-electron chi connectivity index (χ0n) is 9.56. The van der Waals surface area contributed by atoms with Crippen molar-refractivity contribution >= 4 is 33.2 Å². The molecule has 5 heteroatoms. The van der Waals surface area contributed by atoms with Gasteiger partial charge in [0, 0.05) is 28.3 Å². The predicted octanol–water partition coefficient (Wildman–Crippen LogP) is 2.43. The van der Waals surface area contributed by atoms with Crippen LogP contribution >= 0.6 is 15.9 Å². The van der Waals surface area contributed by atoms with E-state index in [0.717, 1.165) is 10.0 Å². The second-order valence-corrected chi connectivity index (χ2v) is 4.84. The van der Waals surface area contributed by atoms with E-state index < -0.39 is 0 Å². The topological polar surface area (TPSA) is 82.0 Å². The maximum atomic E-state index is 12.1. The minimum absolute atomic E-state index is 0.0422. The number of carbonyl (C=O) groups excluding carboxylic acids is 1. The Labute approximate surface area is 113 Å². The number of pyridine rings is 1. The second kappa shape index (κ2) is 5.18. The first-order chi connectivity index (χ1) is 8.56. The summed E-state index contributed by atoms with van der Waals surface area (Å²) in [5, 5.41) is 0. The summed E-state index contributed by atoms with van der Waals surface area (Å²) in [6.07, 6.45) is 1.84. The van der Waals surface area contributed by atoms with Gasteiger partial charge in [0.1, 0.15) is 5.82 Å². The molecule has 0 bridgehead atoms. The number of nitrogens with zero attached hydrogens (tertiary/aromatic N) is 1. The lowest BCUT2D eigenvalue weighted by molar-refractivity contribution is 0.0994. The predicted molar refractivity (Wildman–Crippen MR) is 75.2 cm³/mol. The molecule has 0 saturated heterocycles. The Kier molecular flexibility index (Phi) is 3.62. The molecule has 0 saturated carbocycles. The average molecular weight is 306 g/mol. The standard InChI is InChI=1S/C13H12BrN3O/c14-9-1-2-11(15)10(7-9)12(18)5-8-3-4-17-13(16)6-8/h1-4,6-7H,5,15H2,(H2,16,17). The van der Waals surface area contributed by atoms with Crippen LogP contribution < -0.4 is 11.5 Å². The first kappa shape index (κ1) is 12.6. The first-order valence-electron chi connectivity index (χ1n) is 5.35. The summed E-state index contributed by atoms with van der Waals surface area (Å²) in [7, 11) is 0. The largest absolute Gasteiger partial charge is 0.398 e. The van der Waals surface area contributed by atoms with Gasteiger partial charge in [-0.3, -0.25) is 4.79 Å². The highest BCUT2D eigenvalue weighted by molar-refractivity contribution is 9.10. The van der Waals surface area contributed by atoms with Crippen molar-refractivity contribution in [1.29, 1.82) is 0 Å². The van der Waals surface area contributed by atoms with Gasteiger partial charge < -0.3 is 11.5 Å². The van der Waals surface area contributed by atoms with Gasteiger partial charge in [0.25, 0.3) is 0 Å². The van der Waals surface area contributed by atoms with E-state index in [0.29, 0.717) is 17.1 Å². The lowest BCUT2D eigenvalue weighted by Crippen LogP contribution is -2.07. The van der Waals surface area contributed by atoms with Crippen molar-refractivity contribution in [2.75, 3.05) is 11.5 Å². The van der Waals surface area contributed by atoms with Crippen molar-refractivity contribution in [3.05, 3.63) is 52.1 Å². The Bertz CT molecular complexity index is 599. The summed E-state index contributed by atoms with van der Waals surface area (Å²) in [5.41, 5.74) is 13.2. The zero-order chi connectivity index (χ0) is 13.1. The Hall–Kier alpha value is -1.88. The number of halogens is 1. The third kappa shape index (κ3) is 2.87. The normalized spacial score (nSPS) is 10.3. The molecule has 0 radical (unpaired) electrons. The van der Waals surface area contributed by atoms with E-state index in [2.05, 4.69) is 20.9 Å². The van der Waals surface area contributed by atoms with E-state index in [1.807, 2.05) is 0 Å². The van der Waals surface area contributed by atoms with E-state index >= 15 is 0 Å². The second-order valence-electron chi connectivity index (χ2n) is 3.92. The highest BCUT2D eigenvalue weighted by Crippen LogP contribution is 2.20. The fourth-order valence-corrected chi connectivity index (χ4v) is 2.02. The number of aromatic nitrogens is 1. The van der Waals surface area contributed by atoms with Crippen LogP contribution in [0.2, 0.25) is 0 Å². The van der Waals surface area contributed by atoms with Gasteiger partial charge in [-0.05, 0) is 35.9 Å². The van der Waals surface area contributed by atoms with Gasteiger partial charge in [0.2, 0.25) is 0 Å². The molecule has 4 nitrogen and oxygen atoms in total. The number of nitrogen functional groups attached to an aromatic ring is 2. The third-order valence-corrected chi connectivity index (χ3v) is 3.02. The molecule has 2 aromatic rings. The Morgan fingerprint density at radius 3 is 2.72 bits per heavy atom. The van der Waals surface area contributed by atoms with Crippen LogP contribution in [0.5, 0.6) is 0 Å². The minimum atomic E-state index is -0.0422. The maximum Gasteiger partial charge on any atom is 0.169 e. The molecule has 0 aliphatic heterocycles. The van der Waals surface area contributed by atoms with Crippen molar-refractivity contribution in [2.24, 2.45) is 0 Å². The number of benzene rings is 1. The molecule has 0 fully saturated rings. The molecule has 92 valence electrons. The third-order valence-electron chi connectivity index (χ3n) is 2.53. The molecule has 0 atom stereocenters. The number of rotatable bonds is 3. The first-order valence-corrected chi connectivity index (χ1v) is 6.14. The molecule has 1 aromatic carbocycles. The molecule has 18 heavy (non-hydrogen) atoms. The molecular formula is C13H12BrN3O. The molecule has 0 spiro atoms. The molecule has 1 aromatic heterocycles. The van der Waals surface area contributed by atoms with Gasteiger partial charge in [-0.15, -0.1) is 0 Å². The van der Waals surface area contributed by atoms with Crippen molar-refractivity contribution in [1.82, 2.24) is 4.98 Å². The Morgan fingerprint density at radius 1 is 1.22 bits per heavy atom. The van der Waals surface area contributed by atoms with Crippen LogP contribution in [0.1, 0.15) is 15.9 Å². The van der Waals surface area contributed by atoms with E-state index in [9.17, 15) is 4.79 Å². The highest BCUT2D eigenvalue weighted by atomic mass is 79.9. The molecule has 0 unspecified atom stereocenters. The van der Waals surface area contributed by atoms with Crippen LogP contribution in [-0.2, 0) is 6.42 Å². The number of hydrogen-bond donors (Lipinski definition) is 2. The van der Waals surface area contributed by atoms with E-state index in [1.165, 1.54) is 0 Å². The smallest absolute Gasteiger partial charge is 0.169 e. The van der Waals surface area contributed by atoms with Crippen molar-refractivity contribution in [3.8, 4) is 0 Å². The maximum absolute atomic E-state index is 12.1. The van der Waals surface area contributed by atoms with Crippen LogP contribution in [0.15, 0.2) is 41.0 Å². The summed E-state index contributed by atoms with van der Waals surface area (Å²) >= 11 is 3.32. The quantitative estimate of drug-likeness (QED) is 0.674. The molecule has 0 aliphatic rings. The molecular weight excluding hydrogens is 294 g/mol. The average Bonchev–Trinajstić information content (AvgIpc) is 2.32. The molecule has 4 N–H and O–H groups in total. The Balaban J connectivity index is 2.24. The van der Waals surface area contributed by atoms with E-state index in [-0.39, 0.29) is 12.2 Å². The lowest BCUT2D eigenvalue weighted by Gasteiger charge is -2.06. The summed E-state index contributed by atoms with van der Waals surface area (Å²) < 4.78 is 0.828. The summed E-state index contributed by atoms with van der Waals surface area (Å²) in [6, 6.07) is 8.69. The van der Waals surface area contributed by atoms with E-state index in [4.69, 9.17) is 11.5 Å². The van der Waals surface area contributed by atoms with Gasteiger partial charge in [-0.1, -0.05) is 15.9 Å². The summed E-state index contributed by atoms with van der Waals surface area (Å²) in [5.74, 6) is 0.363. The van der Waals surface area contributed by atoms with Gasteiger partial charge in [0.15, 0.2) is 5.78 Å². The van der Waals surface area contributed by atoms with Gasteiger partial charge in [-0.2, -0.15) is 0 Å². The number of Topliss-reactive ketones (excluding diaryl/α,β-unsaturated/α-hetero) is 1. The van der Waals surface area contributed by atoms with Gasteiger partial charge >= 0.3 is 0 Å². The number of ketones is 1. The van der Waals surface area contributed by atoms with Crippen LogP contribution in [0.3, 0.4) is 0 Å². The van der Waals surface area contributed by atoms with Crippen LogP contribution in [0.25, 0.3) is 0 Å². The molecule has 2 rings (SSSR count). The number of nitrogens with two attached hydrogens (primary N) is 2. The van der Waals surface area contributed by atoms with Crippen molar-refractivity contribution in [3.63, 3.8) is 0 Å². The Morgan fingerprint density at radius 2 is 2.00 bits per heavy atom. The fourth-order valence-electron chi connectivity index (χ4n) is 1.65. The van der Waals surface area contributed by atoms with Gasteiger partial charge in [0.05, 0.1) is 0 Å². The SMILES string of the molecule is Nc1cc(CC(=O)c2cc(Br)ccc2N)ccn1. The van der Waals surface area contributed by atoms with Crippen molar-refractivity contribution in [2.45, 2.75) is 6.42 Å². The number of carbonyl (C=O) groups is 1. The summed E-state index contributed by atoms with van der Waals surface area (Å²) in [4.78, 5) is 16.0. The zero-order valence-corrected chi connectivity index (χ0v) is 11.1. The van der Waals surface area contributed by atoms with Gasteiger partial charge in [-0.25, -0.2) is 4.98 Å². The van der Waals surface area contributed by atoms with Crippen LogP contribution in [0.4, 0.5) is 11.5 Å². The molecule has 1 heterocycles. The number of hydrogen-bond acceptors (Lipinski definition) is 4. The fraction of sp³-hybridized carbons (Fsp3) is 0.0769. The minimum Gasteiger partial charge on any atom is -0.398 e. The molecule has 0 aliphatic carbocycles. The highest BCUT2D eigenvalue weighted by Gasteiger charge is 2.11. The lowest BCUT2D eigenvalue weighted by atomic mass is 10.0. The monoisotopic (exact) mass is 305 g/mol. The summed E-state index contributed by atoms with van der Waals surface area (Å²) in [6.45, 7) is 0. The van der Waals surface area contributed by atoms with E-state index in [1.54, 1.807) is 36.5 Å². The molecule has 0 amide bonds. The van der Waals surface area contributed by atoms with Crippen LogP contribution in [-0.4, -0.2) is 10.8 Å². The van der Waals surface area contributed by atoms with Crippen molar-refractivity contribution < 1.29 is 4.79 Å². The van der Waals surface area contributed by atoms with Crippen LogP contribution in [0, 0.1) is 0 Å². The number of anilines is 2.